The topological polar surface area (TPSA) is 118 Å². The zero-order valence-corrected chi connectivity index (χ0v) is 20.2. The lowest BCUT2D eigenvalue weighted by Gasteiger charge is -2.43. The van der Waals surface area contributed by atoms with Gasteiger partial charge in [0.15, 0.2) is 0 Å². The van der Waals surface area contributed by atoms with Crippen LogP contribution in [-0.2, 0) is 14.8 Å². The number of hydrogen-bond donors (Lipinski definition) is 3. The highest BCUT2D eigenvalue weighted by molar-refractivity contribution is 7.89. The number of rotatable bonds is 7. The van der Waals surface area contributed by atoms with Gasteiger partial charge in [-0.1, -0.05) is 20.8 Å². The molecule has 1 amide bonds. The van der Waals surface area contributed by atoms with Crippen molar-refractivity contribution >= 4 is 26.8 Å². The molecule has 4 rings (SSSR count). The van der Waals surface area contributed by atoms with Gasteiger partial charge < -0.3 is 10.7 Å². The van der Waals surface area contributed by atoms with Gasteiger partial charge in [-0.2, -0.15) is 0 Å². The van der Waals surface area contributed by atoms with E-state index >= 15 is 0 Å². The van der Waals surface area contributed by atoms with Crippen LogP contribution in [0.3, 0.4) is 0 Å². The number of amides is 1. The first-order chi connectivity index (χ1) is 15.6. The standard InChI is InChI=1S/C25H32N4O3S/c1-16(2)17(3)25(24(26)30)10-8-20(9-11-25)29-33(31,32)21-6-7-22-19(13-21)14-23(28-22)18-5-4-12-27-15-18/h4-7,12-17,20,28-29H,8-11H2,1-3H3,(H2,26,30)/t17-,20?,25?/m1/s1. The number of aromatic nitrogens is 2. The number of aromatic amines is 1. The molecule has 7 nitrogen and oxygen atoms in total. The fourth-order valence-electron chi connectivity index (χ4n) is 5.06. The molecule has 3 aromatic rings. The third-order valence-corrected chi connectivity index (χ3v) is 8.96. The molecule has 4 N–H and O–H groups in total. The molecule has 2 aromatic heterocycles. The van der Waals surface area contributed by atoms with Crippen molar-refractivity contribution in [2.24, 2.45) is 23.0 Å². The van der Waals surface area contributed by atoms with E-state index in [0.29, 0.717) is 31.6 Å². The Morgan fingerprint density at radius 2 is 1.91 bits per heavy atom. The van der Waals surface area contributed by atoms with Crippen LogP contribution in [-0.4, -0.2) is 30.3 Å². The molecule has 33 heavy (non-hydrogen) atoms. The maximum absolute atomic E-state index is 13.1. The summed E-state index contributed by atoms with van der Waals surface area (Å²) in [6, 6.07) is 10.6. The molecular weight excluding hydrogens is 436 g/mol. The number of H-pyrrole nitrogens is 1. The number of benzene rings is 1. The van der Waals surface area contributed by atoms with Crippen molar-refractivity contribution in [3.8, 4) is 11.3 Å². The van der Waals surface area contributed by atoms with Crippen LogP contribution < -0.4 is 10.5 Å². The number of nitrogens with zero attached hydrogens (tertiary/aromatic N) is 1. The Kier molecular flexibility index (Phi) is 6.33. The quantitative estimate of drug-likeness (QED) is 0.481. The monoisotopic (exact) mass is 468 g/mol. The summed E-state index contributed by atoms with van der Waals surface area (Å²) in [5, 5.41) is 0.818. The molecule has 2 heterocycles. The molecule has 0 spiro atoms. The van der Waals surface area contributed by atoms with E-state index in [-0.39, 0.29) is 22.8 Å². The highest BCUT2D eigenvalue weighted by atomic mass is 32.2. The first-order valence-corrected chi connectivity index (χ1v) is 13.0. The molecule has 1 aromatic carbocycles. The van der Waals surface area contributed by atoms with E-state index in [1.807, 2.05) is 18.2 Å². The molecule has 8 heteroatoms. The van der Waals surface area contributed by atoms with Gasteiger partial charge in [0.05, 0.1) is 10.3 Å². The van der Waals surface area contributed by atoms with Crippen molar-refractivity contribution in [3.63, 3.8) is 0 Å². The molecular formula is C25H32N4O3S. The van der Waals surface area contributed by atoms with E-state index in [4.69, 9.17) is 5.73 Å². The normalized spacial score (nSPS) is 22.5. The Balaban J connectivity index is 1.51. The van der Waals surface area contributed by atoms with Crippen molar-refractivity contribution in [2.45, 2.75) is 57.4 Å². The van der Waals surface area contributed by atoms with Gasteiger partial charge in [0.1, 0.15) is 0 Å². The largest absolute Gasteiger partial charge is 0.369 e. The molecule has 0 unspecified atom stereocenters. The highest BCUT2D eigenvalue weighted by Gasteiger charge is 2.46. The lowest BCUT2D eigenvalue weighted by Crippen LogP contribution is -2.49. The fourth-order valence-corrected chi connectivity index (χ4v) is 6.40. The van der Waals surface area contributed by atoms with Crippen molar-refractivity contribution in [1.29, 1.82) is 0 Å². The number of pyridine rings is 1. The van der Waals surface area contributed by atoms with Crippen LogP contribution in [0.2, 0.25) is 0 Å². The number of sulfonamides is 1. The minimum Gasteiger partial charge on any atom is -0.369 e. The number of carbonyl (C=O) groups excluding carboxylic acids is 1. The second-order valence-corrected chi connectivity index (χ2v) is 11.3. The summed E-state index contributed by atoms with van der Waals surface area (Å²) in [6.07, 6.45) is 5.86. The summed E-state index contributed by atoms with van der Waals surface area (Å²) < 4.78 is 29.1. The van der Waals surface area contributed by atoms with E-state index in [9.17, 15) is 13.2 Å². The Morgan fingerprint density at radius 1 is 1.18 bits per heavy atom. The zero-order valence-electron chi connectivity index (χ0n) is 19.3. The molecule has 1 fully saturated rings. The van der Waals surface area contributed by atoms with Gasteiger partial charge in [-0.3, -0.25) is 9.78 Å². The van der Waals surface area contributed by atoms with Crippen molar-refractivity contribution in [2.75, 3.05) is 0 Å². The summed E-state index contributed by atoms with van der Waals surface area (Å²) >= 11 is 0. The lowest BCUT2D eigenvalue weighted by atomic mass is 9.62. The third kappa shape index (κ3) is 4.54. The van der Waals surface area contributed by atoms with E-state index in [0.717, 1.165) is 22.2 Å². The van der Waals surface area contributed by atoms with E-state index in [1.165, 1.54) is 0 Å². The van der Waals surface area contributed by atoms with Gasteiger partial charge in [0.25, 0.3) is 0 Å². The second-order valence-electron chi connectivity index (χ2n) is 9.62. The second kappa shape index (κ2) is 8.91. The van der Waals surface area contributed by atoms with Gasteiger partial charge in [-0.25, -0.2) is 13.1 Å². The van der Waals surface area contributed by atoms with Gasteiger partial charge in [-0.05, 0) is 73.9 Å². The van der Waals surface area contributed by atoms with Crippen LogP contribution in [0.15, 0.2) is 53.7 Å². The Morgan fingerprint density at radius 3 is 2.52 bits per heavy atom. The van der Waals surface area contributed by atoms with Crippen molar-refractivity contribution in [3.05, 3.63) is 48.8 Å². The van der Waals surface area contributed by atoms with Crippen LogP contribution in [0.25, 0.3) is 22.2 Å². The molecule has 0 bridgehead atoms. The summed E-state index contributed by atoms with van der Waals surface area (Å²) in [5.41, 5.74) is 7.93. The van der Waals surface area contributed by atoms with Crippen molar-refractivity contribution < 1.29 is 13.2 Å². The number of nitrogens with one attached hydrogen (secondary N) is 2. The first-order valence-electron chi connectivity index (χ1n) is 11.5. The molecule has 1 aliphatic rings. The molecule has 0 saturated heterocycles. The molecule has 0 radical (unpaired) electrons. The first kappa shape index (κ1) is 23.4. The number of fused-ring (bicyclic) bond motifs is 1. The van der Waals surface area contributed by atoms with Gasteiger partial charge in [-0.15, -0.1) is 0 Å². The van der Waals surface area contributed by atoms with Crippen molar-refractivity contribution in [1.82, 2.24) is 14.7 Å². The number of nitrogens with two attached hydrogens (primary N) is 1. The molecule has 1 aliphatic carbocycles. The SMILES string of the molecule is CC(C)[C@@H](C)C1(C(N)=O)CCC(NS(=O)(=O)c2ccc3[nH]c(-c4cccnc4)cc3c2)CC1. The average molecular weight is 469 g/mol. The minimum absolute atomic E-state index is 0.151. The van der Waals surface area contributed by atoms with Gasteiger partial charge in [0.2, 0.25) is 15.9 Å². The third-order valence-electron chi connectivity index (χ3n) is 7.44. The lowest BCUT2D eigenvalue weighted by molar-refractivity contribution is -0.134. The Bertz CT molecular complexity index is 1240. The average Bonchev–Trinajstić information content (AvgIpc) is 3.23. The Labute approximate surface area is 195 Å². The van der Waals surface area contributed by atoms with Crippen LogP contribution >= 0.6 is 0 Å². The maximum atomic E-state index is 13.1. The number of primary amides is 1. The molecule has 176 valence electrons. The van der Waals surface area contributed by atoms with Gasteiger partial charge in [0, 0.05) is 40.6 Å². The van der Waals surface area contributed by atoms with Gasteiger partial charge >= 0.3 is 0 Å². The number of hydrogen-bond acceptors (Lipinski definition) is 4. The minimum atomic E-state index is -3.69. The molecule has 1 atom stereocenters. The van der Waals surface area contributed by atoms with Crippen LogP contribution in [0.5, 0.6) is 0 Å². The summed E-state index contributed by atoms with van der Waals surface area (Å²) in [6.45, 7) is 6.27. The van der Waals surface area contributed by atoms with Crippen LogP contribution in [0, 0.1) is 17.3 Å². The predicted molar refractivity (Wildman–Crippen MR) is 130 cm³/mol. The summed E-state index contributed by atoms with van der Waals surface area (Å²) in [5.74, 6) is 0.209. The maximum Gasteiger partial charge on any atom is 0.240 e. The fraction of sp³-hybridized carbons (Fsp3) is 0.440. The van der Waals surface area contributed by atoms with E-state index in [2.05, 4.69) is 35.5 Å². The number of carbonyl (C=O) groups is 1. The summed E-state index contributed by atoms with van der Waals surface area (Å²) in [7, 11) is -3.69. The smallest absolute Gasteiger partial charge is 0.240 e. The van der Waals surface area contributed by atoms with Crippen LogP contribution in [0.1, 0.15) is 46.5 Å². The zero-order chi connectivity index (χ0) is 23.8. The highest BCUT2D eigenvalue weighted by Crippen LogP contribution is 2.45. The Hall–Kier alpha value is -2.71. The molecule has 0 aliphatic heterocycles. The van der Waals surface area contributed by atoms with E-state index in [1.54, 1.807) is 30.6 Å². The van der Waals surface area contributed by atoms with E-state index < -0.39 is 15.4 Å². The van der Waals surface area contributed by atoms with Crippen LogP contribution in [0.4, 0.5) is 0 Å². The molecule has 1 saturated carbocycles. The predicted octanol–water partition coefficient (Wildman–Crippen LogP) is 4.21. The summed E-state index contributed by atoms with van der Waals surface area (Å²) in [4.78, 5) is 20.0.